The number of aromatic nitrogens is 1. The molecule has 3 unspecified atom stereocenters. The number of hydrogen-bond acceptors (Lipinski definition) is 2. The molecule has 1 aromatic heterocycles. The Labute approximate surface area is 125 Å². The van der Waals surface area contributed by atoms with Gasteiger partial charge in [-0.3, -0.25) is 4.79 Å². The predicted octanol–water partition coefficient (Wildman–Crippen LogP) is 2.64. The number of carbonyl (C=O) groups excluding carboxylic acids is 1. The first-order chi connectivity index (χ1) is 9.58. The molecular weight excluding hydrogens is 324 g/mol. The minimum Gasteiger partial charge on any atom is -0.480 e. The summed E-state index contributed by atoms with van der Waals surface area (Å²) >= 11 is 3.30. The number of hydrogen-bond donors (Lipinski definition) is 2. The van der Waals surface area contributed by atoms with Crippen molar-refractivity contribution in [2.45, 2.75) is 44.2 Å². The van der Waals surface area contributed by atoms with E-state index in [0.29, 0.717) is 18.0 Å². The molecule has 3 atom stereocenters. The molecule has 1 saturated heterocycles. The zero-order valence-corrected chi connectivity index (χ0v) is 12.6. The Morgan fingerprint density at radius 3 is 2.75 bits per heavy atom. The highest BCUT2D eigenvalue weighted by Crippen LogP contribution is 2.40. The SMILES string of the molecule is O=C(O)C1CC2CCCCC2N1C(=O)c1cc(Br)c[nH]1. The van der Waals surface area contributed by atoms with Crippen molar-refractivity contribution in [2.75, 3.05) is 0 Å². The molecule has 5 nitrogen and oxygen atoms in total. The maximum atomic E-state index is 12.6. The van der Waals surface area contributed by atoms with Gasteiger partial charge in [0.25, 0.3) is 5.91 Å². The van der Waals surface area contributed by atoms with Gasteiger partial charge in [-0.25, -0.2) is 4.79 Å². The van der Waals surface area contributed by atoms with Crippen LogP contribution in [0.1, 0.15) is 42.6 Å². The third-order valence-electron chi connectivity index (χ3n) is 4.49. The van der Waals surface area contributed by atoms with Crippen LogP contribution in [0.15, 0.2) is 16.7 Å². The van der Waals surface area contributed by atoms with E-state index in [2.05, 4.69) is 20.9 Å². The number of carboxylic acids is 1. The summed E-state index contributed by atoms with van der Waals surface area (Å²) in [5.41, 5.74) is 0.453. The summed E-state index contributed by atoms with van der Waals surface area (Å²) in [6.45, 7) is 0. The van der Waals surface area contributed by atoms with Crippen LogP contribution in [-0.4, -0.2) is 39.0 Å². The van der Waals surface area contributed by atoms with Crippen LogP contribution in [0, 0.1) is 5.92 Å². The van der Waals surface area contributed by atoms with E-state index in [1.807, 2.05) is 0 Å². The quantitative estimate of drug-likeness (QED) is 0.869. The highest BCUT2D eigenvalue weighted by atomic mass is 79.9. The van der Waals surface area contributed by atoms with Gasteiger partial charge in [-0.15, -0.1) is 0 Å². The molecule has 1 amide bonds. The monoisotopic (exact) mass is 340 g/mol. The molecule has 3 rings (SSSR count). The van der Waals surface area contributed by atoms with Gasteiger partial charge in [-0.2, -0.15) is 0 Å². The van der Waals surface area contributed by atoms with Crippen molar-refractivity contribution in [2.24, 2.45) is 5.92 Å². The second-order valence-electron chi connectivity index (χ2n) is 5.65. The van der Waals surface area contributed by atoms with Gasteiger partial charge in [0.2, 0.25) is 0 Å². The standard InChI is InChI=1S/C14H17BrN2O3/c15-9-6-10(16-7-9)13(18)17-11-4-2-1-3-8(11)5-12(17)14(19)20/h6-8,11-12,16H,1-5H2,(H,19,20). The average molecular weight is 341 g/mol. The number of amides is 1. The minimum atomic E-state index is -0.890. The summed E-state index contributed by atoms with van der Waals surface area (Å²) in [5.74, 6) is -0.747. The van der Waals surface area contributed by atoms with E-state index in [1.54, 1.807) is 17.2 Å². The van der Waals surface area contributed by atoms with Crippen LogP contribution < -0.4 is 0 Å². The molecule has 2 heterocycles. The first-order valence-corrected chi connectivity index (χ1v) is 7.76. The van der Waals surface area contributed by atoms with Gasteiger partial charge in [-0.1, -0.05) is 12.8 Å². The molecule has 0 bridgehead atoms. The van der Waals surface area contributed by atoms with E-state index in [4.69, 9.17) is 0 Å². The van der Waals surface area contributed by atoms with E-state index in [9.17, 15) is 14.7 Å². The van der Waals surface area contributed by atoms with Crippen molar-refractivity contribution < 1.29 is 14.7 Å². The van der Waals surface area contributed by atoms with Crippen LogP contribution in [0.2, 0.25) is 0 Å². The zero-order chi connectivity index (χ0) is 14.3. The number of fused-ring (bicyclic) bond motifs is 1. The molecule has 2 fully saturated rings. The minimum absolute atomic E-state index is 0.0828. The lowest BCUT2D eigenvalue weighted by molar-refractivity contribution is -0.141. The number of halogens is 1. The molecule has 0 aromatic carbocycles. The summed E-state index contributed by atoms with van der Waals surface area (Å²) in [6.07, 6.45) is 6.45. The fraction of sp³-hybridized carbons (Fsp3) is 0.571. The van der Waals surface area contributed by atoms with E-state index < -0.39 is 12.0 Å². The Hall–Kier alpha value is -1.30. The van der Waals surface area contributed by atoms with E-state index in [0.717, 1.165) is 30.2 Å². The summed E-state index contributed by atoms with van der Waals surface area (Å²) < 4.78 is 0.798. The normalized spacial score (nSPS) is 29.2. The topological polar surface area (TPSA) is 73.4 Å². The number of carbonyl (C=O) groups is 2. The molecule has 20 heavy (non-hydrogen) atoms. The molecule has 0 radical (unpaired) electrons. The molecule has 0 spiro atoms. The fourth-order valence-electron chi connectivity index (χ4n) is 3.60. The van der Waals surface area contributed by atoms with Crippen molar-refractivity contribution >= 4 is 27.8 Å². The smallest absolute Gasteiger partial charge is 0.326 e. The number of aromatic amines is 1. The number of nitrogens with one attached hydrogen (secondary N) is 1. The lowest BCUT2D eigenvalue weighted by atomic mass is 9.84. The Bertz CT molecular complexity index is 542. The Morgan fingerprint density at radius 1 is 1.35 bits per heavy atom. The second-order valence-corrected chi connectivity index (χ2v) is 6.56. The third-order valence-corrected chi connectivity index (χ3v) is 4.94. The molecule has 6 heteroatoms. The zero-order valence-electron chi connectivity index (χ0n) is 11.0. The molecule has 1 saturated carbocycles. The number of carboxylic acid groups (broad SMARTS) is 1. The number of aliphatic carboxylic acids is 1. The maximum Gasteiger partial charge on any atom is 0.326 e. The molecule has 108 valence electrons. The molecule has 2 N–H and O–H groups in total. The number of likely N-dealkylation sites (tertiary alicyclic amines) is 1. The fourth-order valence-corrected chi connectivity index (χ4v) is 3.95. The van der Waals surface area contributed by atoms with Gasteiger partial charge in [0, 0.05) is 16.7 Å². The van der Waals surface area contributed by atoms with Crippen LogP contribution in [0.4, 0.5) is 0 Å². The van der Waals surface area contributed by atoms with Gasteiger partial charge < -0.3 is 15.0 Å². The molecule has 1 aliphatic carbocycles. The van der Waals surface area contributed by atoms with Crippen molar-refractivity contribution in [3.05, 3.63) is 22.4 Å². The summed E-state index contributed by atoms with van der Waals surface area (Å²) in [5, 5.41) is 9.42. The molecule has 1 aromatic rings. The highest BCUT2D eigenvalue weighted by Gasteiger charge is 2.47. The Morgan fingerprint density at radius 2 is 2.10 bits per heavy atom. The molecule has 2 aliphatic rings. The molecule has 1 aliphatic heterocycles. The van der Waals surface area contributed by atoms with Crippen LogP contribution >= 0.6 is 15.9 Å². The lowest BCUT2D eigenvalue weighted by Crippen LogP contribution is -2.46. The Kier molecular flexibility index (Phi) is 3.58. The van der Waals surface area contributed by atoms with Crippen molar-refractivity contribution in [1.29, 1.82) is 0 Å². The van der Waals surface area contributed by atoms with Crippen molar-refractivity contribution in [3.63, 3.8) is 0 Å². The maximum absolute atomic E-state index is 12.6. The Balaban J connectivity index is 1.90. The average Bonchev–Trinajstić information content (AvgIpc) is 3.01. The van der Waals surface area contributed by atoms with Crippen LogP contribution in [0.25, 0.3) is 0 Å². The van der Waals surface area contributed by atoms with Gasteiger partial charge in [0.1, 0.15) is 11.7 Å². The predicted molar refractivity (Wildman–Crippen MR) is 76.4 cm³/mol. The highest BCUT2D eigenvalue weighted by molar-refractivity contribution is 9.10. The lowest BCUT2D eigenvalue weighted by Gasteiger charge is -2.32. The second kappa shape index (κ2) is 5.24. The summed E-state index contributed by atoms with van der Waals surface area (Å²) in [7, 11) is 0. The van der Waals surface area contributed by atoms with Crippen LogP contribution in [0.5, 0.6) is 0 Å². The van der Waals surface area contributed by atoms with Crippen molar-refractivity contribution in [1.82, 2.24) is 9.88 Å². The van der Waals surface area contributed by atoms with Gasteiger partial charge in [-0.05, 0) is 47.2 Å². The first kappa shape index (κ1) is 13.7. The van der Waals surface area contributed by atoms with Crippen LogP contribution in [-0.2, 0) is 4.79 Å². The largest absolute Gasteiger partial charge is 0.480 e. The van der Waals surface area contributed by atoms with Crippen molar-refractivity contribution in [3.8, 4) is 0 Å². The first-order valence-electron chi connectivity index (χ1n) is 6.97. The number of nitrogens with zero attached hydrogens (tertiary/aromatic N) is 1. The van der Waals surface area contributed by atoms with E-state index in [-0.39, 0.29) is 11.9 Å². The number of rotatable bonds is 2. The van der Waals surface area contributed by atoms with Crippen LogP contribution in [0.3, 0.4) is 0 Å². The van der Waals surface area contributed by atoms with Gasteiger partial charge in [0.15, 0.2) is 0 Å². The van der Waals surface area contributed by atoms with Gasteiger partial charge in [0.05, 0.1) is 0 Å². The van der Waals surface area contributed by atoms with E-state index >= 15 is 0 Å². The third kappa shape index (κ3) is 2.26. The van der Waals surface area contributed by atoms with E-state index in [1.165, 1.54) is 0 Å². The van der Waals surface area contributed by atoms with Gasteiger partial charge >= 0.3 is 5.97 Å². The summed E-state index contributed by atoms with van der Waals surface area (Å²) in [4.78, 5) is 28.6. The number of H-pyrrole nitrogens is 1. The summed E-state index contributed by atoms with van der Waals surface area (Å²) in [6, 6.07) is 1.11. The molecular formula is C14H17BrN2O3.